The summed E-state index contributed by atoms with van der Waals surface area (Å²) in [6.07, 6.45) is 4.15. The largest absolute Gasteiger partial charge is 0.461 e. The van der Waals surface area contributed by atoms with Crippen LogP contribution in [0.5, 0.6) is 0 Å². The number of aliphatic imine (C=N–C) groups is 1. The number of carbonyl (C=O) groups is 1. The second kappa shape index (κ2) is 10.1. The highest BCUT2D eigenvalue weighted by Gasteiger charge is 2.34. The molecule has 4 nitrogen and oxygen atoms in total. The van der Waals surface area contributed by atoms with Gasteiger partial charge in [0.2, 0.25) is 0 Å². The van der Waals surface area contributed by atoms with Gasteiger partial charge in [-0.1, -0.05) is 46.2 Å². The number of anilines is 1. The fourth-order valence-corrected chi connectivity index (χ4v) is 4.38. The van der Waals surface area contributed by atoms with Gasteiger partial charge in [0.05, 0.1) is 0 Å². The molecular formula is C24H38N2O2. The zero-order valence-electron chi connectivity index (χ0n) is 18.8. The Morgan fingerprint density at radius 3 is 2.61 bits per heavy atom. The molecule has 0 aliphatic heterocycles. The second-order valence-electron chi connectivity index (χ2n) is 8.72. The summed E-state index contributed by atoms with van der Waals surface area (Å²) >= 11 is 0. The summed E-state index contributed by atoms with van der Waals surface area (Å²) < 4.78 is 6.06. The van der Waals surface area contributed by atoms with Gasteiger partial charge in [-0.25, -0.2) is 0 Å². The van der Waals surface area contributed by atoms with Gasteiger partial charge in [-0.15, -0.1) is 0 Å². The van der Waals surface area contributed by atoms with Crippen LogP contribution in [0.25, 0.3) is 0 Å². The van der Waals surface area contributed by atoms with E-state index in [1.807, 2.05) is 4.90 Å². The Morgan fingerprint density at radius 2 is 2.00 bits per heavy atom. The Balaban J connectivity index is 2.21. The maximum atomic E-state index is 13.0. The second-order valence-corrected chi connectivity index (χ2v) is 8.72. The number of hydrogen-bond donors (Lipinski definition) is 0. The maximum absolute atomic E-state index is 13.0. The Hall–Kier alpha value is -1.84. The van der Waals surface area contributed by atoms with Crippen LogP contribution in [0.4, 0.5) is 5.69 Å². The predicted molar refractivity (Wildman–Crippen MR) is 118 cm³/mol. The van der Waals surface area contributed by atoms with Gasteiger partial charge in [0.15, 0.2) is 0 Å². The lowest BCUT2D eigenvalue weighted by Gasteiger charge is -2.37. The number of hydrogen-bond acceptors (Lipinski definition) is 3. The molecule has 1 aliphatic rings. The van der Waals surface area contributed by atoms with E-state index in [0.717, 1.165) is 36.3 Å². The van der Waals surface area contributed by atoms with E-state index in [1.165, 1.54) is 12.0 Å². The van der Waals surface area contributed by atoms with Crippen molar-refractivity contribution in [2.45, 2.75) is 73.3 Å². The Kier molecular flexibility index (Phi) is 8.09. The van der Waals surface area contributed by atoms with Gasteiger partial charge in [0.25, 0.3) is 0 Å². The van der Waals surface area contributed by atoms with Crippen molar-refractivity contribution in [3.63, 3.8) is 0 Å². The van der Waals surface area contributed by atoms with E-state index in [0.29, 0.717) is 17.8 Å². The first-order valence-corrected chi connectivity index (χ1v) is 10.8. The lowest BCUT2D eigenvalue weighted by molar-refractivity contribution is -0.154. The molecule has 0 saturated heterocycles. The van der Waals surface area contributed by atoms with Crippen molar-refractivity contribution < 1.29 is 9.53 Å². The predicted octanol–water partition coefficient (Wildman–Crippen LogP) is 5.55. The van der Waals surface area contributed by atoms with Crippen LogP contribution >= 0.6 is 0 Å². The van der Waals surface area contributed by atoms with E-state index in [4.69, 9.17) is 4.74 Å². The van der Waals surface area contributed by atoms with Crippen molar-refractivity contribution >= 4 is 17.5 Å². The number of rotatable bonds is 6. The summed E-state index contributed by atoms with van der Waals surface area (Å²) in [6, 6.07) is 6.33. The molecule has 0 N–H and O–H groups in total. The molecule has 1 saturated carbocycles. The average molecular weight is 387 g/mol. The Labute approximate surface area is 171 Å². The van der Waals surface area contributed by atoms with E-state index >= 15 is 0 Å². The minimum atomic E-state index is -0.153. The summed E-state index contributed by atoms with van der Waals surface area (Å²) in [5.74, 6) is 2.36. The fourth-order valence-electron chi connectivity index (χ4n) is 4.38. The molecule has 1 aliphatic carbocycles. The van der Waals surface area contributed by atoms with Crippen LogP contribution in [-0.2, 0) is 9.53 Å². The van der Waals surface area contributed by atoms with Crippen LogP contribution in [0.1, 0.15) is 64.5 Å². The third-order valence-corrected chi connectivity index (χ3v) is 6.07. The summed E-state index contributed by atoms with van der Waals surface area (Å²) in [6.45, 7) is 13.2. The molecule has 0 amide bonds. The van der Waals surface area contributed by atoms with Crippen LogP contribution in [0.2, 0.25) is 0 Å². The summed E-state index contributed by atoms with van der Waals surface area (Å²) in [7, 11) is 1.79. The topological polar surface area (TPSA) is 41.9 Å². The van der Waals surface area contributed by atoms with Gasteiger partial charge in [-0.3, -0.25) is 9.79 Å². The van der Waals surface area contributed by atoms with Gasteiger partial charge in [-0.2, -0.15) is 0 Å². The van der Waals surface area contributed by atoms with Crippen molar-refractivity contribution in [3.8, 4) is 0 Å². The highest BCUT2D eigenvalue weighted by Crippen LogP contribution is 2.35. The smallest absolute Gasteiger partial charge is 0.326 e. The van der Waals surface area contributed by atoms with E-state index < -0.39 is 0 Å². The molecule has 0 radical (unpaired) electrons. The maximum Gasteiger partial charge on any atom is 0.326 e. The molecule has 2 rings (SSSR count). The number of amidine groups is 1. The highest BCUT2D eigenvalue weighted by molar-refractivity contribution is 6.01. The molecule has 28 heavy (non-hydrogen) atoms. The molecule has 1 aromatic rings. The highest BCUT2D eigenvalue weighted by atomic mass is 16.5. The van der Waals surface area contributed by atoms with Crippen molar-refractivity contribution in [2.75, 3.05) is 18.5 Å². The minimum absolute atomic E-state index is 0.0281. The van der Waals surface area contributed by atoms with Crippen LogP contribution in [-0.4, -0.2) is 31.5 Å². The molecule has 1 fully saturated rings. The van der Waals surface area contributed by atoms with Gasteiger partial charge in [0.1, 0.15) is 18.5 Å². The Bertz CT molecular complexity index is 696. The number of nitrogens with zero attached hydrogens (tertiary/aromatic N) is 2. The van der Waals surface area contributed by atoms with E-state index in [-0.39, 0.29) is 18.6 Å². The molecule has 0 spiro atoms. The number of carbonyl (C=O) groups excluding carboxylic acids is 1. The van der Waals surface area contributed by atoms with E-state index in [9.17, 15) is 4.79 Å². The number of ether oxygens (including phenoxy) is 1. The van der Waals surface area contributed by atoms with Crippen LogP contribution in [0, 0.1) is 31.6 Å². The van der Waals surface area contributed by atoms with Gasteiger partial charge < -0.3 is 9.64 Å². The quantitative estimate of drug-likeness (QED) is 0.365. The number of esters is 1. The standard InChI is InChI=1S/C24H38N2O2/c1-8-23(25-7)26(21-13-17(4)9-11-19(21)6)15-24(27)28-22-14-18(5)10-12-20(22)16(2)3/h9,11,13,16,18,20,22H,8,10,12,14-15H2,1-7H3/b25-23+/t18-,20+,22-/m1/s1. The minimum Gasteiger partial charge on any atom is -0.461 e. The van der Waals surface area contributed by atoms with Crippen LogP contribution < -0.4 is 4.90 Å². The number of aryl methyl sites for hydroxylation is 2. The van der Waals surface area contributed by atoms with E-state index in [2.05, 4.69) is 64.7 Å². The lowest BCUT2D eigenvalue weighted by atomic mass is 9.75. The summed E-state index contributed by atoms with van der Waals surface area (Å²) in [5, 5.41) is 0. The van der Waals surface area contributed by atoms with Crippen molar-refractivity contribution in [2.24, 2.45) is 22.7 Å². The van der Waals surface area contributed by atoms with Crippen LogP contribution in [0.15, 0.2) is 23.2 Å². The molecule has 156 valence electrons. The first-order valence-electron chi connectivity index (χ1n) is 10.8. The normalized spacial score (nSPS) is 23.0. The molecule has 3 atom stereocenters. The summed E-state index contributed by atoms with van der Waals surface area (Å²) in [4.78, 5) is 19.5. The third-order valence-electron chi connectivity index (χ3n) is 6.07. The van der Waals surface area contributed by atoms with Gasteiger partial charge in [0, 0.05) is 19.2 Å². The lowest BCUT2D eigenvalue weighted by Crippen LogP contribution is -2.41. The van der Waals surface area contributed by atoms with Crippen molar-refractivity contribution in [1.29, 1.82) is 0 Å². The van der Waals surface area contributed by atoms with Crippen LogP contribution in [0.3, 0.4) is 0 Å². The molecule has 1 aromatic carbocycles. The summed E-state index contributed by atoms with van der Waals surface area (Å²) in [5.41, 5.74) is 3.35. The van der Waals surface area contributed by atoms with Crippen molar-refractivity contribution in [1.82, 2.24) is 0 Å². The first-order chi connectivity index (χ1) is 13.3. The fraction of sp³-hybridized carbons (Fsp3) is 0.667. The Morgan fingerprint density at radius 1 is 1.29 bits per heavy atom. The third kappa shape index (κ3) is 5.59. The zero-order chi connectivity index (χ0) is 20.8. The molecule has 0 aromatic heterocycles. The molecule has 0 bridgehead atoms. The van der Waals surface area contributed by atoms with Crippen molar-refractivity contribution in [3.05, 3.63) is 29.3 Å². The number of benzene rings is 1. The monoisotopic (exact) mass is 386 g/mol. The molecule has 0 unspecified atom stereocenters. The molecular weight excluding hydrogens is 348 g/mol. The zero-order valence-corrected chi connectivity index (χ0v) is 18.8. The average Bonchev–Trinajstić information content (AvgIpc) is 2.63. The van der Waals surface area contributed by atoms with E-state index in [1.54, 1.807) is 7.05 Å². The SMILES string of the molecule is CC/C(=N\C)N(CC(=O)O[C@@H]1C[C@H](C)CC[C@H]1C(C)C)c1cc(C)ccc1C. The molecule has 4 heteroatoms. The molecule has 0 heterocycles. The first kappa shape index (κ1) is 22.4. The van der Waals surface area contributed by atoms with Gasteiger partial charge >= 0.3 is 5.97 Å². The van der Waals surface area contributed by atoms with Gasteiger partial charge in [-0.05, 0) is 61.6 Å².